The molecule has 0 aliphatic carbocycles. The Bertz CT molecular complexity index is 783. The average molecular weight is 280 g/mol. The molecule has 0 aliphatic heterocycles. The van der Waals surface area contributed by atoms with Gasteiger partial charge in [0.2, 0.25) is 17.3 Å². The van der Waals surface area contributed by atoms with Gasteiger partial charge in [0.1, 0.15) is 0 Å². The van der Waals surface area contributed by atoms with Gasteiger partial charge in [0, 0.05) is 0 Å². The summed E-state index contributed by atoms with van der Waals surface area (Å²) in [6, 6.07) is 0. The van der Waals surface area contributed by atoms with Crippen molar-refractivity contribution in [2.45, 2.75) is 0 Å². The molecule has 102 valence electrons. The van der Waals surface area contributed by atoms with Crippen molar-refractivity contribution >= 4 is 0 Å². The third-order valence-electron chi connectivity index (χ3n) is 2.12. The van der Waals surface area contributed by atoms with Crippen LogP contribution in [0, 0.1) is 20.5 Å². The topological polar surface area (TPSA) is 207 Å². The number of hydrogen-bond acceptors (Lipinski definition) is 12. The number of nitrogens with zero attached hydrogens (tertiary/aromatic N) is 12. The molecule has 3 heterocycles. The van der Waals surface area contributed by atoms with Gasteiger partial charge < -0.3 is 20.5 Å². The third-order valence-corrected chi connectivity index (χ3v) is 2.12. The van der Waals surface area contributed by atoms with Crippen LogP contribution in [0.3, 0.4) is 0 Å². The molecule has 0 amide bonds. The molecular formula is C4N12O4-2. The van der Waals surface area contributed by atoms with E-state index in [2.05, 4.69) is 41.4 Å². The van der Waals surface area contributed by atoms with Crippen LogP contribution in [0.4, 0.5) is 0 Å². The van der Waals surface area contributed by atoms with Crippen molar-refractivity contribution in [2.75, 3.05) is 0 Å². The van der Waals surface area contributed by atoms with Crippen LogP contribution in [0.5, 0.6) is 0 Å². The summed E-state index contributed by atoms with van der Waals surface area (Å²) in [5, 5.41) is 57.8. The molecule has 0 aromatic carbocycles. The molecule has 20 heavy (non-hydrogen) atoms. The van der Waals surface area contributed by atoms with Crippen LogP contribution in [0.1, 0.15) is 0 Å². The number of rotatable bonds is 3. The molecule has 0 radical (unpaired) electrons. The minimum absolute atomic E-state index is 0.0449. The molecule has 0 unspecified atom stereocenters. The first-order chi connectivity index (χ1) is 9.59. The third kappa shape index (κ3) is 1.48. The molecular weight excluding hydrogens is 280 g/mol. The Morgan fingerprint density at radius 3 is 2.00 bits per heavy atom. The summed E-state index contributed by atoms with van der Waals surface area (Å²) in [6.45, 7) is 0. The molecule has 0 bridgehead atoms. The van der Waals surface area contributed by atoms with Gasteiger partial charge in [-0.1, -0.05) is 0 Å². The second-order valence-corrected chi connectivity index (χ2v) is 3.16. The second kappa shape index (κ2) is 3.90. The Balaban J connectivity index is 2.30. The number of nitro groups is 1. The van der Waals surface area contributed by atoms with E-state index in [1.54, 1.807) is 0 Å². The summed E-state index contributed by atoms with van der Waals surface area (Å²) >= 11 is 0. The zero-order valence-corrected chi connectivity index (χ0v) is 9.00. The van der Waals surface area contributed by atoms with Gasteiger partial charge in [0.15, 0.2) is 10.9 Å². The maximum Gasteiger partial charge on any atom is 0.214 e. The molecule has 16 heteroatoms. The number of aromatic nitrogens is 11. The fourth-order valence-corrected chi connectivity index (χ4v) is 1.37. The molecule has 16 nitrogen and oxygen atoms in total. The van der Waals surface area contributed by atoms with Gasteiger partial charge in [-0.3, -0.25) is 9.69 Å². The van der Waals surface area contributed by atoms with Crippen LogP contribution in [-0.4, -0.2) is 60.9 Å². The maximum absolute atomic E-state index is 11.4. The predicted molar refractivity (Wildman–Crippen MR) is 53.6 cm³/mol. The van der Waals surface area contributed by atoms with Gasteiger partial charge in [-0.15, -0.1) is 10.2 Å². The standard InChI is InChI=1S/C4N12O4/c17-14-3(6-8-11-14)1-2(4-7-9-12-15(4)18)13(10-5-1)16(19)20/q-2. The van der Waals surface area contributed by atoms with E-state index < -0.39 is 28.1 Å². The number of tetrazole rings is 2. The summed E-state index contributed by atoms with van der Waals surface area (Å²) in [5.74, 6) is -1.07. The first-order valence-corrected chi connectivity index (χ1v) is 4.62. The Kier molecular flexibility index (Phi) is 2.22. The van der Waals surface area contributed by atoms with Crippen LogP contribution in [-0.2, 0) is 0 Å². The van der Waals surface area contributed by atoms with E-state index in [9.17, 15) is 20.5 Å². The molecule has 0 saturated heterocycles. The summed E-state index contributed by atoms with van der Waals surface area (Å²) < 4.78 is 0. The lowest BCUT2D eigenvalue weighted by atomic mass is 10.3. The highest BCUT2D eigenvalue weighted by Gasteiger charge is 2.30. The average Bonchev–Trinajstić information content (AvgIpc) is 3.07. The minimum Gasteiger partial charge on any atom is -0.788 e. The quantitative estimate of drug-likeness (QED) is 0.355. The Morgan fingerprint density at radius 1 is 0.900 bits per heavy atom. The van der Waals surface area contributed by atoms with E-state index in [4.69, 9.17) is 0 Å². The van der Waals surface area contributed by atoms with Gasteiger partial charge in [0.05, 0.1) is 9.82 Å². The molecule has 0 atom stereocenters. The van der Waals surface area contributed by atoms with E-state index in [0.29, 0.717) is 0 Å². The van der Waals surface area contributed by atoms with Gasteiger partial charge in [-0.05, 0) is 26.0 Å². The van der Waals surface area contributed by atoms with Crippen LogP contribution in [0.15, 0.2) is 0 Å². The largest absolute Gasteiger partial charge is 0.788 e. The lowest BCUT2D eigenvalue weighted by Crippen LogP contribution is -2.13. The Morgan fingerprint density at radius 2 is 1.50 bits per heavy atom. The highest BCUT2D eigenvalue weighted by Crippen LogP contribution is 2.25. The molecule has 3 aromatic rings. The summed E-state index contributed by atoms with van der Waals surface area (Å²) in [4.78, 5) is 10.8. The van der Waals surface area contributed by atoms with E-state index in [0.717, 1.165) is 0 Å². The van der Waals surface area contributed by atoms with Crippen molar-refractivity contribution in [3.63, 3.8) is 0 Å². The first kappa shape index (κ1) is 11.4. The van der Waals surface area contributed by atoms with Gasteiger partial charge in [-0.25, -0.2) is 0 Å². The fourth-order valence-electron chi connectivity index (χ4n) is 1.37. The van der Waals surface area contributed by atoms with Gasteiger partial charge in [-0.2, -0.15) is 0 Å². The van der Waals surface area contributed by atoms with Crippen molar-refractivity contribution in [2.24, 2.45) is 0 Å². The predicted octanol–water partition coefficient (Wildman–Crippen LogP) is -2.68. The van der Waals surface area contributed by atoms with Crippen molar-refractivity contribution in [1.82, 2.24) is 55.8 Å². The van der Waals surface area contributed by atoms with Crippen LogP contribution in [0.2, 0.25) is 0 Å². The van der Waals surface area contributed by atoms with E-state index in [1.807, 2.05) is 0 Å². The Hall–Kier alpha value is -3.72. The maximum atomic E-state index is 11.4. The van der Waals surface area contributed by atoms with E-state index in [1.165, 1.54) is 0 Å². The van der Waals surface area contributed by atoms with Crippen LogP contribution >= 0.6 is 0 Å². The van der Waals surface area contributed by atoms with Gasteiger partial charge >= 0.3 is 0 Å². The zero-order chi connectivity index (χ0) is 14.3. The SMILES string of the molecule is O=[N+]([O-])n1nnc(-c2nnnn2[O-])c1-c1nnnn1[O-]. The Labute approximate surface area is 105 Å². The lowest BCUT2D eigenvalue weighted by molar-refractivity contribution is -0.551. The first-order valence-electron chi connectivity index (χ1n) is 4.62. The van der Waals surface area contributed by atoms with Crippen LogP contribution < -0.4 is 0 Å². The highest BCUT2D eigenvalue weighted by atomic mass is 16.7. The summed E-state index contributed by atoms with van der Waals surface area (Å²) in [7, 11) is 0. The van der Waals surface area contributed by atoms with Crippen molar-refractivity contribution < 1.29 is 5.03 Å². The molecule has 3 rings (SSSR count). The minimum atomic E-state index is -0.987. The van der Waals surface area contributed by atoms with Crippen molar-refractivity contribution in [3.05, 3.63) is 20.5 Å². The zero-order valence-electron chi connectivity index (χ0n) is 9.00. The molecule has 0 spiro atoms. The fraction of sp³-hybridized carbons (Fsp3) is 0. The molecule has 0 fully saturated rings. The second-order valence-electron chi connectivity index (χ2n) is 3.16. The molecule has 0 saturated carbocycles. The highest BCUT2D eigenvalue weighted by molar-refractivity contribution is 5.69. The van der Waals surface area contributed by atoms with E-state index >= 15 is 0 Å². The summed E-state index contributed by atoms with van der Waals surface area (Å²) in [5.41, 5.74) is -0.935. The normalized spacial score (nSPS) is 10.8. The molecule has 3 aromatic heterocycles. The summed E-state index contributed by atoms with van der Waals surface area (Å²) in [6.07, 6.45) is 0. The number of hydrogen-bond donors (Lipinski definition) is 0. The molecule has 0 aliphatic rings. The smallest absolute Gasteiger partial charge is 0.214 e. The van der Waals surface area contributed by atoms with E-state index in [-0.39, 0.29) is 14.5 Å². The monoisotopic (exact) mass is 280 g/mol. The van der Waals surface area contributed by atoms with Crippen molar-refractivity contribution in [3.8, 4) is 23.0 Å². The van der Waals surface area contributed by atoms with Crippen LogP contribution in [0.25, 0.3) is 23.0 Å². The molecule has 0 N–H and O–H groups in total. The van der Waals surface area contributed by atoms with Gasteiger partial charge in [0.25, 0.3) is 0 Å². The lowest BCUT2D eigenvalue weighted by Gasteiger charge is -2.07. The van der Waals surface area contributed by atoms with Crippen molar-refractivity contribution in [1.29, 1.82) is 0 Å².